The molecule has 0 aromatic carbocycles. The molecule has 0 fully saturated rings. The zero-order valence-electron chi connectivity index (χ0n) is 8.52. The molecule has 0 rings (SSSR count). The standard InChI is InChI=1S/C9H18ClNO2/c1-4-5-6-8(12)13-7-9(2,3)11-10/h11H,4-7H2,1-3H3. The molecule has 0 heterocycles. The molecule has 0 saturated heterocycles. The lowest BCUT2D eigenvalue weighted by Gasteiger charge is -2.21. The molecular formula is C9H18ClNO2. The van der Waals surface area contributed by atoms with Crippen LogP contribution in [0.4, 0.5) is 0 Å². The van der Waals surface area contributed by atoms with Gasteiger partial charge in [0.1, 0.15) is 6.61 Å². The molecular weight excluding hydrogens is 190 g/mol. The van der Waals surface area contributed by atoms with Crippen LogP contribution in [0.3, 0.4) is 0 Å². The first-order valence-corrected chi connectivity index (χ1v) is 4.93. The summed E-state index contributed by atoms with van der Waals surface area (Å²) in [5, 5.41) is 0. The monoisotopic (exact) mass is 207 g/mol. The van der Waals surface area contributed by atoms with Crippen LogP contribution in [-0.4, -0.2) is 18.1 Å². The fourth-order valence-corrected chi connectivity index (χ4v) is 0.736. The molecule has 4 heteroatoms. The molecule has 0 spiro atoms. The van der Waals surface area contributed by atoms with Gasteiger partial charge in [-0.2, -0.15) is 0 Å². The van der Waals surface area contributed by atoms with Crippen molar-refractivity contribution in [3.8, 4) is 0 Å². The van der Waals surface area contributed by atoms with Crippen molar-refractivity contribution in [3.63, 3.8) is 0 Å². The molecule has 0 aliphatic carbocycles. The average Bonchev–Trinajstić information content (AvgIpc) is 2.11. The molecule has 0 bridgehead atoms. The lowest BCUT2D eigenvalue weighted by Crippen LogP contribution is -2.38. The van der Waals surface area contributed by atoms with E-state index in [1.807, 2.05) is 20.8 Å². The number of esters is 1. The zero-order chi connectivity index (χ0) is 10.3. The highest BCUT2D eigenvalue weighted by atomic mass is 35.5. The minimum atomic E-state index is -0.358. The summed E-state index contributed by atoms with van der Waals surface area (Å²) < 4.78 is 5.01. The van der Waals surface area contributed by atoms with Gasteiger partial charge in [0.15, 0.2) is 0 Å². The van der Waals surface area contributed by atoms with Gasteiger partial charge < -0.3 is 4.74 Å². The van der Waals surface area contributed by atoms with Crippen LogP contribution in [0.25, 0.3) is 0 Å². The highest BCUT2D eigenvalue weighted by Crippen LogP contribution is 2.05. The first-order valence-electron chi connectivity index (χ1n) is 4.55. The van der Waals surface area contributed by atoms with Crippen molar-refractivity contribution in [2.24, 2.45) is 0 Å². The fraction of sp³-hybridized carbons (Fsp3) is 0.889. The Labute approximate surface area is 84.9 Å². The Morgan fingerprint density at radius 2 is 2.15 bits per heavy atom. The number of halogens is 1. The van der Waals surface area contributed by atoms with Crippen LogP contribution in [0.5, 0.6) is 0 Å². The highest BCUT2D eigenvalue weighted by molar-refractivity contribution is 6.13. The van der Waals surface area contributed by atoms with Gasteiger partial charge in [0, 0.05) is 6.42 Å². The number of hydrogen-bond donors (Lipinski definition) is 1. The van der Waals surface area contributed by atoms with E-state index >= 15 is 0 Å². The SMILES string of the molecule is CCCCC(=O)OCC(C)(C)NCl. The second kappa shape index (κ2) is 6.22. The predicted octanol–water partition coefficient (Wildman–Crippen LogP) is 2.24. The van der Waals surface area contributed by atoms with Gasteiger partial charge in [0.25, 0.3) is 0 Å². The van der Waals surface area contributed by atoms with Gasteiger partial charge >= 0.3 is 5.97 Å². The maximum atomic E-state index is 11.1. The molecule has 0 aromatic rings. The minimum Gasteiger partial charge on any atom is -0.464 e. The van der Waals surface area contributed by atoms with Crippen LogP contribution in [0.2, 0.25) is 0 Å². The minimum absolute atomic E-state index is 0.151. The van der Waals surface area contributed by atoms with Crippen LogP contribution in [0.1, 0.15) is 40.0 Å². The van der Waals surface area contributed by atoms with Crippen molar-refractivity contribution < 1.29 is 9.53 Å². The van der Waals surface area contributed by atoms with Crippen LogP contribution >= 0.6 is 11.8 Å². The molecule has 0 aliphatic rings. The average molecular weight is 208 g/mol. The van der Waals surface area contributed by atoms with Crippen LogP contribution < -0.4 is 4.84 Å². The molecule has 13 heavy (non-hydrogen) atoms. The first kappa shape index (κ1) is 12.7. The van der Waals surface area contributed by atoms with Gasteiger partial charge in [-0.1, -0.05) is 13.3 Å². The third kappa shape index (κ3) is 6.84. The zero-order valence-corrected chi connectivity index (χ0v) is 9.28. The maximum Gasteiger partial charge on any atom is 0.305 e. The Balaban J connectivity index is 3.57. The number of ether oxygens (including phenoxy) is 1. The van der Waals surface area contributed by atoms with Crippen LogP contribution in [0.15, 0.2) is 0 Å². The Hall–Kier alpha value is -0.280. The number of rotatable bonds is 6. The molecule has 0 unspecified atom stereocenters. The molecule has 78 valence electrons. The molecule has 0 radical (unpaired) electrons. The van der Waals surface area contributed by atoms with E-state index in [2.05, 4.69) is 4.84 Å². The van der Waals surface area contributed by atoms with Gasteiger partial charge in [-0.05, 0) is 32.0 Å². The van der Waals surface area contributed by atoms with E-state index in [4.69, 9.17) is 16.5 Å². The number of nitrogens with one attached hydrogen (secondary N) is 1. The summed E-state index contributed by atoms with van der Waals surface area (Å²) in [5.74, 6) is -0.151. The lowest BCUT2D eigenvalue weighted by molar-refractivity contribution is -0.145. The number of carbonyl (C=O) groups is 1. The normalized spacial score (nSPS) is 11.4. The fourth-order valence-electron chi connectivity index (χ4n) is 0.681. The van der Waals surface area contributed by atoms with Gasteiger partial charge in [0.05, 0.1) is 5.54 Å². The highest BCUT2D eigenvalue weighted by Gasteiger charge is 2.18. The summed E-state index contributed by atoms with van der Waals surface area (Å²) >= 11 is 5.44. The lowest BCUT2D eigenvalue weighted by atomic mass is 10.1. The van der Waals surface area contributed by atoms with Gasteiger partial charge in [-0.25, -0.2) is 4.84 Å². The Morgan fingerprint density at radius 1 is 1.54 bits per heavy atom. The van der Waals surface area contributed by atoms with E-state index in [1.165, 1.54) is 0 Å². The third-order valence-corrected chi connectivity index (χ3v) is 2.10. The van der Waals surface area contributed by atoms with E-state index in [1.54, 1.807) is 0 Å². The predicted molar refractivity (Wildman–Crippen MR) is 53.6 cm³/mol. The molecule has 3 nitrogen and oxygen atoms in total. The summed E-state index contributed by atoms with van der Waals surface area (Å²) in [6, 6.07) is 0. The van der Waals surface area contributed by atoms with Crippen molar-refractivity contribution >= 4 is 17.7 Å². The molecule has 0 atom stereocenters. The molecule has 0 amide bonds. The summed E-state index contributed by atoms with van der Waals surface area (Å²) in [6.07, 6.45) is 2.38. The van der Waals surface area contributed by atoms with Crippen LogP contribution in [0, 0.1) is 0 Å². The third-order valence-electron chi connectivity index (χ3n) is 1.58. The van der Waals surface area contributed by atoms with Gasteiger partial charge in [-0.3, -0.25) is 4.79 Å². The summed E-state index contributed by atoms with van der Waals surface area (Å²) in [4.78, 5) is 13.6. The molecule has 0 aromatic heterocycles. The van der Waals surface area contributed by atoms with E-state index in [-0.39, 0.29) is 11.5 Å². The number of unbranched alkanes of at least 4 members (excludes halogenated alkanes) is 1. The summed E-state index contributed by atoms with van der Waals surface area (Å²) in [6.45, 7) is 6.08. The second-order valence-corrected chi connectivity index (χ2v) is 3.93. The van der Waals surface area contributed by atoms with Crippen LogP contribution in [-0.2, 0) is 9.53 Å². The largest absolute Gasteiger partial charge is 0.464 e. The summed E-state index contributed by atoms with van der Waals surface area (Å²) in [7, 11) is 0. The maximum absolute atomic E-state index is 11.1. The van der Waals surface area contributed by atoms with Crippen molar-refractivity contribution in [1.82, 2.24) is 4.84 Å². The Morgan fingerprint density at radius 3 is 2.62 bits per heavy atom. The van der Waals surface area contributed by atoms with Gasteiger partial charge in [0.2, 0.25) is 0 Å². The quantitative estimate of drug-likeness (QED) is 0.536. The number of hydrogen-bond acceptors (Lipinski definition) is 3. The van der Waals surface area contributed by atoms with Crippen molar-refractivity contribution in [3.05, 3.63) is 0 Å². The molecule has 0 saturated carbocycles. The van der Waals surface area contributed by atoms with Crippen molar-refractivity contribution in [2.75, 3.05) is 6.61 Å². The summed E-state index contributed by atoms with van der Waals surface area (Å²) in [5.41, 5.74) is -0.358. The van der Waals surface area contributed by atoms with Crippen molar-refractivity contribution in [2.45, 2.75) is 45.6 Å². The Bertz CT molecular complexity index is 160. The first-order chi connectivity index (χ1) is 6.02. The van der Waals surface area contributed by atoms with E-state index in [9.17, 15) is 4.79 Å². The second-order valence-electron chi connectivity index (χ2n) is 3.74. The topological polar surface area (TPSA) is 38.3 Å². The molecule has 0 aliphatic heterocycles. The Kier molecular flexibility index (Phi) is 6.08. The van der Waals surface area contributed by atoms with E-state index in [0.29, 0.717) is 13.0 Å². The van der Waals surface area contributed by atoms with E-state index < -0.39 is 0 Å². The van der Waals surface area contributed by atoms with Crippen molar-refractivity contribution in [1.29, 1.82) is 0 Å². The number of carbonyl (C=O) groups excluding carboxylic acids is 1. The van der Waals surface area contributed by atoms with E-state index in [0.717, 1.165) is 12.8 Å². The molecule has 1 N–H and O–H groups in total. The van der Waals surface area contributed by atoms with Gasteiger partial charge in [-0.15, -0.1) is 0 Å². The smallest absolute Gasteiger partial charge is 0.305 e.